The van der Waals surface area contributed by atoms with E-state index in [4.69, 9.17) is 5.11 Å². The molecule has 0 fully saturated rings. The number of aromatic nitrogens is 2. The summed E-state index contributed by atoms with van der Waals surface area (Å²) in [6.45, 7) is 1.13. The molecule has 0 aliphatic carbocycles. The molecule has 0 radical (unpaired) electrons. The Kier molecular flexibility index (Phi) is 3.96. The van der Waals surface area contributed by atoms with Crippen LogP contribution in [0.15, 0.2) is 6.20 Å². The minimum Gasteiger partial charge on any atom is -0.396 e. The van der Waals surface area contributed by atoms with Gasteiger partial charge in [0.1, 0.15) is 6.10 Å². The molecule has 84 valence electrons. The maximum absolute atomic E-state index is 10.9. The van der Waals surface area contributed by atoms with Gasteiger partial charge in [-0.25, -0.2) is 4.98 Å². The second kappa shape index (κ2) is 5.01. The Labute approximate surface area is 86.6 Å². The van der Waals surface area contributed by atoms with Crippen LogP contribution in [0.1, 0.15) is 35.8 Å². The van der Waals surface area contributed by atoms with Gasteiger partial charge in [-0.2, -0.15) is 0 Å². The van der Waals surface area contributed by atoms with Crippen molar-refractivity contribution in [2.75, 3.05) is 6.61 Å². The van der Waals surface area contributed by atoms with E-state index in [1.807, 2.05) is 0 Å². The topological polar surface area (TPSA) is 106 Å². The summed E-state index contributed by atoms with van der Waals surface area (Å²) in [6, 6.07) is 0. The van der Waals surface area contributed by atoms with Crippen molar-refractivity contribution < 1.29 is 20.1 Å². The SMILES string of the molecule is CC(=O)c1ncc([C@@H](O)[C@@H](O)CCO)[nH]1. The summed E-state index contributed by atoms with van der Waals surface area (Å²) in [7, 11) is 0. The van der Waals surface area contributed by atoms with Crippen LogP contribution in [0.25, 0.3) is 0 Å². The summed E-state index contributed by atoms with van der Waals surface area (Å²) in [5.41, 5.74) is 0.265. The van der Waals surface area contributed by atoms with Gasteiger partial charge in [0.15, 0.2) is 11.6 Å². The zero-order valence-corrected chi connectivity index (χ0v) is 8.34. The third kappa shape index (κ3) is 2.85. The lowest BCUT2D eigenvalue weighted by atomic mass is 10.1. The van der Waals surface area contributed by atoms with Crippen LogP contribution in [-0.2, 0) is 0 Å². The molecule has 0 aliphatic heterocycles. The molecule has 0 saturated heterocycles. The van der Waals surface area contributed by atoms with Gasteiger partial charge in [0.05, 0.1) is 18.0 Å². The van der Waals surface area contributed by atoms with E-state index in [0.717, 1.165) is 0 Å². The number of carbonyl (C=O) groups excluding carboxylic acids is 1. The number of aliphatic hydroxyl groups is 3. The Morgan fingerprint density at radius 2 is 2.27 bits per heavy atom. The number of carbonyl (C=O) groups is 1. The summed E-state index contributed by atoms with van der Waals surface area (Å²) < 4.78 is 0. The van der Waals surface area contributed by atoms with Gasteiger partial charge in [0, 0.05) is 13.5 Å². The first-order valence-corrected chi connectivity index (χ1v) is 4.59. The van der Waals surface area contributed by atoms with Gasteiger partial charge in [-0.1, -0.05) is 0 Å². The number of hydrogen-bond donors (Lipinski definition) is 4. The molecule has 0 spiro atoms. The van der Waals surface area contributed by atoms with Crippen molar-refractivity contribution in [3.05, 3.63) is 17.7 Å². The number of imidazole rings is 1. The van der Waals surface area contributed by atoms with Crippen LogP contribution in [0.5, 0.6) is 0 Å². The molecule has 6 heteroatoms. The summed E-state index contributed by atoms with van der Waals surface area (Å²) in [5.74, 6) is -0.106. The predicted molar refractivity (Wildman–Crippen MR) is 51.3 cm³/mol. The molecule has 1 heterocycles. The number of nitrogens with zero attached hydrogens (tertiary/aromatic N) is 1. The maximum Gasteiger partial charge on any atom is 0.194 e. The molecule has 0 amide bonds. The first-order chi connectivity index (χ1) is 7.06. The third-order valence-electron chi connectivity index (χ3n) is 2.04. The number of H-pyrrole nitrogens is 1. The fourth-order valence-electron chi connectivity index (χ4n) is 1.16. The fraction of sp³-hybridized carbons (Fsp3) is 0.556. The minimum atomic E-state index is -1.17. The zero-order chi connectivity index (χ0) is 11.4. The largest absolute Gasteiger partial charge is 0.396 e. The lowest BCUT2D eigenvalue weighted by Gasteiger charge is -2.14. The molecule has 6 nitrogen and oxygen atoms in total. The molecular formula is C9H14N2O4. The molecular weight excluding hydrogens is 200 g/mol. The average Bonchev–Trinajstić information content (AvgIpc) is 2.65. The number of nitrogens with one attached hydrogen (secondary N) is 1. The highest BCUT2D eigenvalue weighted by molar-refractivity contribution is 5.90. The highest BCUT2D eigenvalue weighted by Crippen LogP contribution is 2.16. The zero-order valence-electron chi connectivity index (χ0n) is 8.34. The number of aliphatic hydroxyl groups excluding tert-OH is 3. The quantitative estimate of drug-likeness (QED) is 0.489. The van der Waals surface area contributed by atoms with Crippen LogP contribution in [0, 0.1) is 0 Å². The van der Waals surface area contributed by atoms with Crippen LogP contribution >= 0.6 is 0 Å². The molecule has 1 rings (SSSR count). The van der Waals surface area contributed by atoms with Crippen molar-refractivity contribution in [2.24, 2.45) is 0 Å². The lowest BCUT2D eigenvalue weighted by molar-refractivity contribution is 0.00208. The molecule has 0 unspecified atom stereocenters. The number of Topliss-reactive ketones (excluding diaryl/α,β-unsaturated/α-hetero) is 1. The minimum absolute atomic E-state index is 0.0651. The van der Waals surface area contributed by atoms with Crippen molar-refractivity contribution in [1.29, 1.82) is 0 Å². The van der Waals surface area contributed by atoms with Crippen LogP contribution in [0.2, 0.25) is 0 Å². The Morgan fingerprint density at radius 3 is 2.73 bits per heavy atom. The highest BCUT2D eigenvalue weighted by Gasteiger charge is 2.20. The fourth-order valence-corrected chi connectivity index (χ4v) is 1.16. The Bertz CT molecular complexity index is 337. The number of aromatic amines is 1. The second-order valence-corrected chi connectivity index (χ2v) is 3.27. The molecule has 0 saturated carbocycles. The average molecular weight is 214 g/mol. The first-order valence-electron chi connectivity index (χ1n) is 4.59. The van der Waals surface area contributed by atoms with E-state index in [-0.39, 0.29) is 30.3 Å². The van der Waals surface area contributed by atoms with Gasteiger partial charge in [0.2, 0.25) is 0 Å². The van der Waals surface area contributed by atoms with E-state index in [9.17, 15) is 15.0 Å². The van der Waals surface area contributed by atoms with Gasteiger partial charge in [0.25, 0.3) is 0 Å². The molecule has 0 aromatic carbocycles. The lowest BCUT2D eigenvalue weighted by Crippen LogP contribution is -2.19. The predicted octanol–water partition coefficient (Wildman–Crippen LogP) is -0.611. The van der Waals surface area contributed by atoms with Crippen molar-refractivity contribution in [2.45, 2.75) is 25.6 Å². The molecule has 0 aliphatic rings. The Balaban J connectivity index is 2.73. The van der Waals surface area contributed by atoms with E-state index < -0.39 is 12.2 Å². The van der Waals surface area contributed by atoms with Gasteiger partial charge in [-0.05, 0) is 6.42 Å². The van der Waals surface area contributed by atoms with Crippen molar-refractivity contribution in [3.63, 3.8) is 0 Å². The third-order valence-corrected chi connectivity index (χ3v) is 2.04. The molecule has 2 atom stereocenters. The number of ketones is 1. The van der Waals surface area contributed by atoms with Gasteiger partial charge in [-0.3, -0.25) is 4.79 Å². The van der Waals surface area contributed by atoms with Gasteiger partial charge in [-0.15, -0.1) is 0 Å². The van der Waals surface area contributed by atoms with Gasteiger partial charge < -0.3 is 20.3 Å². The Morgan fingerprint density at radius 1 is 1.60 bits per heavy atom. The van der Waals surface area contributed by atoms with Crippen LogP contribution in [-0.4, -0.2) is 43.8 Å². The normalized spacial score (nSPS) is 14.9. The van der Waals surface area contributed by atoms with E-state index in [1.54, 1.807) is 0 Å². The Hall–Kier alpha value is -1.24. The van der Waals surface area contributed by atoms with Crippen molar-refractivity contribution in [1.82, 2.24) is 9.97 Å². The van der Waals surface area contributed by atoms with E-state index >= 15 is 0 Å². The first kappa shape index (κ1) is 11.8. The maximum atomic E-state index is 10.9. The molecule has 1 aromatic heterocycles. The molecule has 4 N–H and O–H groups in total. The summed E-state index contributed by atoms with van der Waals surface area (Å²) in [4.78, 5) is 17.2. The summed E-state index contributed by atoms with van der Waals surface area (Å²) in [5, 5.41) is 27.5. The highest BCUT2D eigenvalue weighted by atomic mass is 16.3. The number of hydrogen-bond acceptors (Lipinski definition) is 5. The second-order valence-electron chi connectivity index (χ2n) is 3.27. The van der Waals surface area contributed by atoms with E-state index in [2.05, 4.69) is 9.97 Å². The van der Waals surface area contributed by atoms with E-state index in [1.165, 1.54) is 13.1 Å². The van der Waals surface area contributed by atoms with Crippen LogP contribution in [0.4, 0.5) is 0 Å². The molecule has 0 bridgehead atoms. The van der Waals surface area contributed by atoms with E-state index in [0.29, 0.717) is 0 Å². The summed E-state index contributed by atoms with van der Waals surface area (Å²) in [6.07, 6.45) is -0.884. The summed E-state index contributed by atoms with van der Waals surface area (Å²) >= 11 is 0. The van der Waals surface area contributed by atoms with Crippen LogP contribution < -0.4 is 0 Å². The smallest absolute Gasteiger partial charge is 0.194 e. The number of rotatable bonds is 5. The van der Waals surface area contributed by atoms with Crippen LogP contribution in [0.3, 0.4) is 0 Å². The van der Waals surface area contributed by atoms with Crippen molar-refractivity contribution >= 4 is 5.78 Å². The van der Waals surface area contributed by atoms with Crippen molar-refractivity contribution in [3.8, 4) is 0 Å². The van der Waals surface area contributed by atoms with Gasteiger partial charge >= 0.3 is 0 Å². The molecule has 1 aromatic rings. The monoisotopic (exact) mass is 214 g/mol. The molecule has 15 heavy (non-hydrogen) atoms. The standard InChI is InChI=1S/C9H14N2O4/c1-5(13)9-10-4-6(11-9)8(15)7(14)2-3-12/h4,7-8,12,14-15H,2-3H2,1H3,(H,10,11)/t7-,8+/m0/s1.